The summed E-state index contributed by atoms with van der Waals surface area (Å²) in [6.07, 6.45) is 0.126. The molecule has 0 aliphatic heterocycles. The molecule has 4 rings (SSSR count). The van der Waals surface area contributed by atoms with Crippen LogP contribution in [0.25, 0.3) is 16.6 Å². The molecule has 0 radical (unpaired) electrons. The second-order valence-corrected chi connectivity index (χ2v) is 8.31. The highest BCUT2D eigenvalue weighted by Crippen LogP contribution is 2.39. The summed E-state index contributed by atoms with van der Waals surface area (Å²) in [5.74, 6) is 2.04. The average molecular weight is 502 g/mol. The van der Waals surface area contributed by atoms with Crippen molar-refractivity contribution in [3.63, 3.8) is 0 Å². The van der Waals surface area contributed by atoms with Gasteiger partial charge in [-0.25, -0.2) is 4.98 Å². The number of rotatable bonds is 10. The van der Waals surface area contributed by atoms with Gasteiger partial charge in [0.05, 0.1) is 42.8 Å². The van der Waals surface area contributed by atoms with Gasteiger partial charge in [0.25, 0.3) is 5.56 Å². The quantitative estimate of drug-likeness (QED) is 0.326. The number of nitrogens with one attached hydrogen (secondary N) is 1. The lowest BCUT2D eigenvalue weighted by Gasteiger charge is -2.17. The lowest BCUT2D eigenvalue weighted by molar-refractivity contribution is -0.115. The predicted octanol–water partition coefficient (Wildman–Crippen LogP) is 5.07. The predicted molar refractivity (Wildman–Crippen MR) is 144 cm³/mol. The fourth-order valence-corrected chi connectivity index (χ4v) is 4.18. The third-order valence-electron chi connectivity index (χ3n) is 5.69. The molecule has 0 aliphatic rings. The number of carbonyl (C=O) groups excluding carboxylic acids is 1. The number of ether oxygens (including phenoxy) is 3. The van der Waals surface area contributed by atoms with Crippen molar-refractivity contribution in [2.75, 3.05) is 25.1 Å². The number of nitrogens with zero attached hydrogens (tertiary/aromatic N) is 2. The maximum absolute atomic E-state index is 13.1. The Labute approximate surface area is 215 Å². The van der Waals surface area contributed by atoms with Crippen LogP contribution in [0.3, 0.4) is 0 Å². The Morgan fingerprint density at radius 2 is 1.51 bits per heavy atom. The first-order chi connectivity index (χ1) is 17.9. The summed E-state index contributed by atoms with van der Waals surface area (Å²) < 4.78 is 18.8. The normalized spacial score (nSPS) is 10.8. The van der Waals surface area contributed by atoms with Crippen LogP contribution in [-0.4, -0.2) is 35.3 Å². The molecule has 0 saturated heterocycles. The average Bonchev–Trinajstić information content (AvgIpc) is 2.87. The molecular formula is C29H31N3O5. The van der Waals surface area contributed by atoms with Crippen molar-refractivity contribution in [2.24, 2.45) is 0 Å². The summed E-state index contributed by atoms with van der Waals surface area (Å²) in [6, 6.07) is 18.0. The summed E-state index contributed by atoms with van der Waals surface area (Å²) in [6.45, 7) is 8.87. The maximum atomic E-state index is 13.1. The van der Waals surface area contributed by atoms with Crippen molar-refractivity contribution in [2.45, 2.75) is 34.1 Å². The number of fused-ring (bicyclic) bond motifs is 1. The monoisotopic (exact) mass is 501 g/mol. The van der Waals surface area contributed by atoms with Gasteiger partial charge in [-0.15, -0.1) is 0 Å². The van der Waals surface area contributed by atoms with Crippen molar-refractivity contribution in [1.82, 2.24) is 9.55 Å². The van der Waals surface area contributed by atoms with Gasteiger partial charge in [0.15, 0.2) is 11.5 Å². The van der Waals surface area contributed by atoms with Gasteiger partial charge in [-0.3, -0.25) is 14.2 Å². The summed E-state index contributed by atoms with van der Waals surface area (Å²) in [5.41, 5.74) is 2.57. The van der Waals surface area contributed by atoms with E-state index >= 15 is 0 Å². The number of aromatic nitrogens is 2. The third kappa shape index (κ3) is 5.74. The zero-order chi connectivity index (χ0) is 26.4. The van der Waals surface area contributed by atoms with Gasteiger partial charge in [0.2, 0.25) is 11.7 Å². The van der Waals surface area contributed by atoms with Crippen molar-refractivity contribution in [1.29, 1.82) is 0 Å². The first kappa shape index (κ1) is 25.8. The highest BCUT2D eigenvalue weighted by atomic mass is 16.5. The standard InChI is InChI=1S/C29H31N3O5/c1-5-35-25-16-20(17-26(36-6-2)28(25)37-7-3)18-27(33)31-21-12-14-22(15-13-21)32-19(4)30-24-11-9-8-10-23(24)29(32)34/h8-17H,5-7,18H2,1-4H3,(H,31,33). The Hall–Kier alpha value is -4.33. The van der Waals surface area contributed by atoms with E-state index in [1.807, 2.05) is 51.1 Å². The minimum atomic E-state index is -0.192. The number of hydrogen-bond donors (Lipinski definition) is 1. The molecule has 0 spiro atoms. The molecule has 4 aromatic rings. The van der Waals surface area contributed by atoms with Gasteiger partial charge in [-0.1, -0.05) is 12.1 Å². The van der Waals surface area contributed by atoms with Gasteiger partial charge >= 0.3 is 0 Å². The topological polar surface area (TPSA) is 91.7 Å². The Morgan fingerprint density at radius 1 is 0.892 bits per heavy atom. The van der Waals surface area contributed by atoms with E-state index in [9.17, 15) is 9.59 Å². The molecule has 3 aromatic carbocycles. The highest BCUT2D eigenvalue weighted by Gasteiger charge is 2.17. The van der Waals surface area contributed by atoms with Gasteiger partial charge in [0.1, 0.15) is 5.82 Å². The van der Waals surface area contributed by atoms with Crippen molar-refractivity contribution in [3.05, 3.63) is 82.4 Å². The third-order valence-corrected chi connectivity index (χ3v) is 5.69. The molecule has 192 valence electrons. The van der Waals surface area contributed by atoms with E-state index in [4.69, 9.17) is 14.2 Å². The fraction of sp³-hybridized carbons (Fsp3) is 0.276. The van der Waals surface area contributed by atoms with E-state index in [0.717, 1.165) is 5.56 Å². The number of aryl methyl sites for hydroxylation is 1. The minimum Gasteiger partial charge on any atom is -0.490 e. The molecular weight excluding hydrogens is 470 g/mol. The summed E-state index contributed by atoms with van der Waals surface area (Å²) in [5, 5.41) is 3.47. The van der Waals surface area contributed by atoms with Crippen LogP contribution in [0.4, 0.5) is 5.69 Å². The van der Waals surface area contributed by atoms with Crippen LogP contribution in [0.15, 0.2) is 65.5 Å². The molecule has 0 fully saturated rings. The molecule has 1 amide bonds. The minimum absolute atomic E-state index is 0.126. The molecule has 0 aliphatic carbocycles. The molecule has 8 nitrogen and oxygen atoms in total. The van der Waals surface area contributed by atoms with Crippen LogP contribution in [-0.2, 0) is 11.2 Å². The molecule has 1 aromatic heterocycles. The van der Waals surface area contributed by atoms with E-state index in [1.165, 1.54) is 0 Å². The maximum Gasteiger partial charge on any atom is 0.265 e. The molecule has 0 saturated carbocycles. The zero-order valence-electron chi connectivity index (χ0n) is 21.5. The van der Waals surface area contributed by atoms with E-state index < -0.39 is 0 Å². The first-order valence-corrected chi connectivity index (χ1v) is 12.4. The second-order valence-electron chi connectivity index (χ2n) is 8.31. The van der Waals surface area contributed by atoms with Crippen molar-refractivity contribution in [3.8, 4) is 22.9 Å². The number of carbonyl (C=O) groups is 1. The smallest absolute Gasteiger partial charge is 0.265 e. The number of anilines is 1. The van der Waals surface area contributed by atoms with E-state index in [0.29, 0.717) is 65.2 Å². The van der Waals surface area contributed by atoms with Gasteiger partial charge in [-0.2, -0.15) is 0 Å². The first-order valence-electron chi connectivity index (χ1n) is 12.4. The summed E-state index contributed by atoms with van der Waals surface area (Å²) >= 11 is 0. The van der Waals surface area contributed by atoms with Crippen LogP contribution in [0.5, 0.6) is 17.2 Å². The molecule has 8 heteroatoms. The van der Waals surface area contributed by atoms with Crippen LogP contribution in [0.1, 0.15) is 32.2 Å². The number of benzene rings is 3. The van der Waals surface area contributed by atoms with E-state index in [-0.39, 0.29) is 17.9 Å². The SMILES string of the molecule is CCOc1cc(CC(=O)Nc2ccc(-n3c(C)nc4ccccc4c3=O)cc2)cc(OCC)c1OCC. The molecule has 1 N–H and O–H groups in total. The van der Waals surface area contributed by atoms with Crippen LogP contribution >= 0.6 is 0 Å². The molecule has 0 unspecified atom stereocenters. The summed E-state index contributed by atoms with van der Waals surface area (Å²) in [7, 11) is 0. The Balaban J connectivity index is 1.53. The molecule has 1 heterocycles. The number of para-hydroxylation sites is 1. The Bertz CT molecular complexity index is 1430. The Kier molecular flexibility index (Phi) is 8.08. The Morgan fingerprint density at radius 3 is 2.14 bits per heavy atom. The van der Waals surface area contributed by atoms with Crippen molar-refractivity contribution >= 4 is 22.5 Å². The molecule has 0 bridgehead atoms. The van der Waals surface area contributed by atoms with Gasteiger partial charge in [-0.05, 0) is 81.8 Å². The fourth-order valence-electron chi connectivity index (χ4n) is 4.18. The zero-order valence-corrected chi connectivity index (χ0v) is 21.5. The van der Waals surface area contributed by atoms with Crippen LogP contribution in [0.2, 0.25) is 0 Å². The molecule has 37 heavy (non-hydrogen) atoms. The second kappa shape index (κ2) is 11.6. The highest BCUT2D eigenvalue weighted by molar-refractivity contribution is 5.92. The van der Waals surface area contributed by atoms with Gasteiger partial charge < -0.3 is 19.5 Å². The van der Waals surface area contributed by atoms with Crippen LogP contribution < -0.4 is 25.1 Å². The number of amides is 1. The lowest BCUT2D eigenvalue weighted by Crippen LogP contribution is -2.22. The van der Waals surface area contributed by atoms with E-state index in [2.05, 4.69) is 10.3 Å². The molecule has 0 atom stereocenters. The van der Waals surface area contributed by atoms with E-state index in [1.54, 1.807) is 41.8 Å². The lowest BCUT2D eigenvalue weighted by atomic mass is 10.1. The van der Waals surface area contributed by atoms with Gasteiger partial charge in [0, 0.05) is 5.69 Å². The van der Waals surface area contributed by atoms with Crippen molar-refractivity contribution < 1.29 is 19.0 Å². The number of hydrogen-bond acceptors (Lipinski definition) is 6. The summed E-state index contributed by atoms with van der Waals surface area (Å²) in [4.78, 5) is 30.5. The largest absolute Gasteiger partial charge is 0.490 e. The van der Waals surface area contributed by atoms with Crippen LogP contribution in [0, 0.1) is 6.92 Å².